The van der Waals surface area contributed by atoms with Crippen molar-refractivity contribution in [2.24, 2.45) is 5.92 Å². The van der Waals surface area contributed by atoms with Crippen LogP contribution in [0.3, 0.4) is 0 Å². The van der Waals surface area contributed by atoms with Crippen molar-refractivity contribution in [1.29, 1.82) is 0 Å². The number of sulfonamides is 1. The van der Waals surface area contributed by atoms with Gasteiger partial charge in [0.15, 0.2) is 5.75 Å². The fourth-order valence-electron chi connectivity index (χ4n) is 8.49. The molecular formula is C42H44F3N3O7S. The first kappa shape index (κ1) is 39.3. The van der Waals surface area contributed by atoms with Crippen molar-refractivity contribution in [3.8, 4) is 22.6 Å². The Balaban J connectivity index is 1.13. The summed E-state index contributed by atoms with van der Waals surface area (Å²) in [4.78, 5) is 29.2. The Morgan fingerprint density at radius 2 is 1.45 bits per heavy atom. The molecule has 0 spiro atoms. The molecule has 0 bridgehead atoms. The third kappa shape index (κ3) is 8.42. The monoisotopic (exact) mass is 791 g/mol. The van der Waals surface area contributed by atoms with E-state index in [0.717, 1.165) is 46.2 Å². The van der Waals surface area contributed by atoms with Crippen molar-refractivity contribution >= 4 is 22.0 Å². The number of amides is 2. The first-order chi connectivity index (χ1) is 26.9. The van der Waals surface area contributed by atoms with E-state index in [1.165, 1.54) is 4.90 Å². The lowest BCUT2D eigenvalue weighted by molar-refractivity contribution is -0.127. The summed E-state index contributed by atoms with van der Waals surface area (Å²) in [5.41, 5.74) is 5.10. The number of likely N-dealkylation sites (tertiary alicyclic amines) is 1. The van der Waals surface area contributed by atoms with E-state index in [1.807, 2.05) is 97.1 Å². The van der Waals surface area contributed by atoms with Gasteiger partial charge in [0, 0.05) is 61.9 Å². The molecule has 2 heterocycles. The summed E-state index contributed by atoms with van der Waals surface area (Å²) in [6.45, 7) is 0.261. The number of benzene rings is 4. The summed E-state index contributed by atoms with van der Waals surface area (Å²) >= 11 is 0. The van der Waals surface area contributed by atoms with Crippen LogP contribution in [0.2, 0.25) is 0 Å². The second-order valence-corrected chi connectivity index (χ2v) is 16.4. The third-order valence-corrected chi connectivity index (χ3v) is 12.3. The Morgan fingerprint density at radius 1 is 0.857 bits per heavy atom. The van der Waals surface area contributed by atoms with Gasteiger partial charge in [-0.05, 0) is 60.1 Å². The number of unbranched alkanes of at least 4 members (excludes halogenated alkanes) is 1. The lowest BCUT2D eigenvalue weighted by Crippen LogP contribution is -2.56. The maximum Gasteiger partial charge on any atom is 0.409 e. The Hall–Kier alpha value is -4.92. The summed E-state index contributed by atoms with van der Waals surface area (Å²) in [6.07, 6.45) is -3.76. The molecule has 2 amide bonds. The zero-order valence-corrected chi connectivity index (χ0v) is 31.7. The van der Waals surface area contributed by atoms with Gasteiger partial charge < -0.3 is 24.4 Å². The molecule has 1 aliphatic carbocycles. The highest BCUT2D eigenvalue weighted by molar-refractivity contribution is 7.89. The number of methoxy groups -OCH3 is 1. The number of hydrogen-bond donors (Lipinski definition) is 2. The normalized spacial score (nSPS) is 18.5. The van der Waals surface area contributed by atoms with Crippen molar-refractivity contribution in [1.82, 2.24) is 14.9 Å². The number of halogens is 3. The van der Waals surface area contributed by atoms with Crippen LogP contribution in [0.1, 0.15) is 53.9 Å². The van der Waals surface area contributed by atoms with Gasteiger partial charge in [0.1, 0.15) is 18.1 Å². The molecule has 3 aliphatic rings. The molecule has 296 valence electrons. The van der Waals surface area contributed by atoms with Gasteiger partial charge in [0.05, 0.1) is 5.92 Å². The SMILES string of the molecule is COCCCCC1(CNC(=O)C2CC(NS(=O)(=O)CC(F)(F)F)CN(C(=O)OCC3c4ccccc4-c4ccccc43)C2)c2ccccc2Oc2ccccc21. The number of hydrogen-bond acceptors (Lipinski definition) is 7. The highest BCUT2D eigenvalue weighted by Gasteiger charge is 2.44. The fourth-order valence-corrected chi connectivity index (χ4v) is 9.68. The molecule has 56 heavy (non-hydrogen) atoms. The van der Waals surface area contributed by atoms with Crippen LogP contribution in [0.15, 0.2) is 97.1 Å². The summed E-state index contributed by atoms with van der Waals surface area (Å²) < 4.78 is 84.6. The lowest BCUT2D eigenvalue weighted by atomic mass is 9.69. The van der Waals surface area contributed by atoms with Crippen LogP contribution in [0.25, 0.3) is 11.1 Å². The first-order valence-electron chi connectivity index (χ1n) is 18.7. The number of carbonyl (C=O) groups excluding carboxylic acids is 2. The molecule has 0 radical (unpaired) electrons. The number of ether oxygens (including phenoxy) is 3. The molecule has 2 atom stereocenters. The van der Waals surface area contributed by atoms with E-state index >= 15 is 0 Å². The molecule has 1 saturated heterocycles. The lowest BCUT2D eigenvalue weighted by Gasteiger charge is -2.41. The zero-order chi connectivity index (χ0) is 39.5. The van der Waals surface area contributed by atoms with Gasteiger partial charge in [-0.2, -0.15) is 13.2 Å². The molecule has 4 aromatic carbocycles. The predicted molar refractivity (Wildman–Crippen MR) is 204 cm³/mol. The zero-order valence-electron chi connectivity index (χ0n) is 30.9. The second-order valence-electron chi connectivity index (χ2n) is 14.7. The van der Waals surface area contributed by atoms with Gasteiger partial charge in [-0.3, -0.25) is 4.79 Å². The van der Waals surface area contributed by atoms with Crippen molar-refractivity contribution in [3.63, 3.8) is 0 Å². The third-order valence-electron chi connectivity index (χ3n) is 10.9. The number of rotatable bonds is 13. The maximum absolute atomic E-state index is 14.2. The summed E-state index contributed by atoms with van der Waals surface area (Å²) in [7, 11) is -3.22. The first-order valence-corrected chi connectivity index (χ1v) is 20.3. The van der Waals surface area contributed by atoms with E-state index < -0.39 is 51.3 Å². The molecule has 2 unspecified atom stereocenters. The van der Waals surface area contributed by atoms with Gasteiger partial charge in [-0.15, -0.1) is 0 Å². The molecule has 0 aromatic heterocycles. The number of carbonyl (C=O) groups is 2. The molecule has 2 N–H and O–H groups in total. The molecule has 2 aliphatic heterocycles. The van der Waals surface area contributed by atoms with E-state index in [4.69, 9.17) is 14.2 Å². The van der Waals surface area contributed by atoms with Crippen molar-refractivity contribution in [2.75, 3.05) is 45.7 Å². The minimum atomic E-state index is -4.99. The van der Waals surface area contributed by atoms with E-state index in [1.54, 1.807) is 7.11 Å². The van der Waals surface area contributed by atoms with Gasteiger partial charge >= 0.3 is 12.3 Å². The number of para-hydroxylation sites is 2. The van der Waals surface area contributed by atoms with Gasteiger partial charge in [-0.25, -0.2) is 17.9 Å². The number of fused-ring (bicyclic) bond motifs is 5. The Labute approximate surface area is 324 Å². The largest absolute Gasteiger partial charge is 0.457 e. The van der Waals surface area contributed by atoms with Crippen LogP contribution in [0, 0.1) is 5.92 Å². The van der Waals surface area contributed by atoms with Crippen LogP contribution in [0.4, 0.5) is 18.0 Å². The maximum atomic E-state index is 14.2. The van der Waals surface area contributed by atoms with Gasteiger partial charge in [0.2, 0.25) is 15.9 Å². The van der Waals surface area contributed by atoms with E-state index in [2.05, 4.69) is 10.0 Å². The number of piperidine rings is 1. The van der Waals surface area contributed by atoms with Crippen molar-refractivity contribution in [2.45, 2.75) is 49.2 Å². The van der Waals surface area contributed by atoms with Crippen LogP contribution in [0.5, 0.6) is 11.5 Å². The number of nitrogens with zero attached hydrogens (tertiary/aromatic N) is 1. The molecule has 7 rings (SSSR count). The average molecular weight is 792 g/mol. The van der Waals surface area contributed by atoms with E-state index in [0.29, 0.717) is 24.5 Å². The fraction of sp³-hybridized carbons (Fsp3) is 0.381. The van der Waals surface area contributed by atoms with Crippen molar-refractivity contribution in [3.05, 3.63) is 119 Å². The smallest absolute Gasteiger partial charge is 0.409 e. The molecule has 14 heteroatoms. The number of alkyl halides is 3. The average Bonchev–Trinajstić information content (AvgIpc) is 3.49. The van der Waals surface area contributed by atoms with Crippen LogP contribution in [-0.2, 0) is 29.7 Å². The van der Waals surface area contributed by atoms with Gasteiger partial charge in [-0.1, -0.05) is 84.9 Å². The Morgan fingerprint density at radius 3 is 2.05 bits per heavy atom. The highest BCUT2D eigenvalue weighted by atomic mass is 32.2. The summed E-state index contributed by atoms with van der Waals surface area (Å²) in [5, 5.41) is 3.10. The molecule has 4 aromatic rings. The number of nitrogens with one attached hydrogen (secondary N) is 2. The summed E-state index contributed by atoms with van der Waals surface area (Å²) in [5.74, 6) is -2.49. The summed E-state index contributed by atoms with van der Waals surface area (Å²) in [6, 6.07) is 29.7. The highest BCUT2D eigenvalue weighted by Crippen LogP contribution is 2.50. The van der Waals surface area contributed by atoms with Crippen LogP contribution < -0.4 is 14.8 Å². The second kappa shape index (κ2) is 16.3. The van der Waals surface area contributed by atoms with E-state index in [9.17, 15) is 31.2 Å². The minimum absolute atomic E-state index is 0.0306. The predicted octanol–water partition coefficient (Wildman–Crippen LogP) is 7.13. The molecule has 1 fully saturated rings. The molecule has 0 saturated carbocycles. The van der Waals surface area contributed by atoms with Crippen molar-refractivity contribution < 1.29 is 45.4 Å². The topological polar surface area (TPSA) is 123 Å². The molecular weight excluding hydrogens is 748 g/mol. The minimum Gasteiger partial charge on any atom is -0.457 e. The Kier molecular flexibility index (Phi) is 11.4. The van der Waals surface area contributed by atoms with Crippen LogP contribution >= 0.6 is 0 Å². The van der Waals surface area contributed by atoms with Crippen LogP contribution in [-0.4, -0.2) is 83.2 Å². The quantitative estimate of drug-likeness (QED) is 0.138. The molecule has 10 nitrogen and oxygen atoms in total. The van der Waals surface area contributed by atoms with Gasteiger partial charge in [0.25, 0.3) is 0 Å². The standard InChI is InChI=1S/C42H44F3N3O7S/c1-53-21-11-10-20-41(35-16-6-8-18-37(35)55-38-19-9-7-17-36(38)41)26-46-39(49)28-22-29(47-56(51,52)27-42(43,44)45)24-48(23-28)40(50)54-25-34-32-14-4-2-12-30(32)31-13-3-5-15-33(31)34/h2-9,12-19,28-29,34,47H,10-11,20-27H2,1H3,(H,46,49). The Bertz CT molecular complexity index is 2090. The van der Waals surface area contributed by atoms with E-state index in [-0.39, 0.29) is 38.6 Å².